The van der Waals surface area contributed by atoms with Gasteiger partial charge in [-0.05, 0) is 56.0 Å². The summed E-state index contributed by atoms with van der Waals surface area (Å²) >= 11 is 0. The third-order valence-corrected chi connectivity index (χ3v) is 5.41. The Bertz CT molecular complexity index is 759. The van der Waals surface area contributed by atoms with Crippen LogP contribution in [-0.2, 0) is 21.5 Å². The molecule has 27 heavy (non-hydrogen) atoms. The molecule has 1 aromatic heterocycles. The molecule has 0 aliphatic carbocycles. The lowest BCUT2D eigenvalue weighted by Crippen LogP contribution is -2.45. The number of amides is 1. The number of ether oxygens (including phenoxy) is 1. The minimum atomic E-state index is -0.157. The standard InChI is InChI=1S/C20H29N5O2/c1-16-22-23-24-25(16)13-9-18(26)21-12-10-20(17-7-5-4-6-8-17)11-14-27-19(2,3)15-20/h4-8H,9-15H2,1-3H3,(H,21,26)/t20-/m1/s1. The molecule has 3 rings (SSSR count). The van der Waals surface area contributed by atoms with Crippen LogP contribution in [0, 0.1) is 6.92 Å². The summed E-state index contributed by atoms with van der Waals surface area (Å²) in [5, 5.41) is 14.4. The van der Waals surface area contributed by atoms with Crippen molar-refractivity contribution in [2.45, 2.75) is 64.0 Å². The summed E-state index contributed by atoms with van der Waals surface area (Å²) in [6.07, 6.45) is 3.20. The number of rotatable bonds is 7. The van der Waals surface area contributed by atoms with Gasteiger partial charge in [-0.15, -0.1) is 5.10 Å². The predicted octanol–water partition coefficient (Wildman–Crippen LogP) is 2.40. The molecule has 0 spiro atoms. The summed E-state index contributed by atoms with van der Waals surface area (Å²) in [6.45, 7) is 8.02. The first-order valence-electron chi connectivity index (χ1n) is 9.59. The van der Waals surface area contributed by atoms with Gasteiger partial charge < -0.3 is 10.1 Å². The van der Waals surface area contributed by atoms with Crippen molar-refractivity contribution in [3.05, 3.63) is 41.7 Å². The fourth-order valence-electron chi connectivity index (χ4n) is 4.07. The second-order valence-electron chi connectivity index (χ2n) is 7.98. The van der Waals surface area contributed by atoms with Crippen molar-refractivity contribution < 1.29 is 9.53 Å². The Kier molecular flexibility index (Phi) is 5.89. The highest BCUT2D eigenvalue weighted by Gasteiger charge is 2.41. The van der Waals surface area contributed by atoms with Crippen molar-refractivity contribution in [2.75, 3.05) is 13.2 Å². The van der Waals surface area contributed by atoms with E-state index in [9.17, 15) is 4.79 Å². The van der Waals surface area contributed by atoms with Crippen molar-refractivity contribution in [3.8, 4) is 0 Å². The maximum absolute atomic E-state index is 12.2. The Hall–Kier alpha value is -2.28. The van der Waals surface area contributed by atoms with Gasteiger partial charge in [-0.25, -0.2) is 4.68 Å². The molecule has 1 amide bonds. The first kappa shape index (κ1) is 19.5. The van der Waals surface area contributed by atoms with Gasteiger partial charge in [0.05, 0.1) is 12.1 Å². The average molecular weight is 371 g/mol. The molecular formula is C20H29N5O2. The molecular weight excluding hydrogens is 342 g/mol. The largest absolute Gasteiger partial charge is 0.376 e. The quantitative estimate of drug-likeness (QED) is 0.808. The van der Waals surface area contributed by atoms with Crippen molar-refractivity contribution in [1.82, 2.24) is 25.5 Å². The van der Waals surface area contributed by atoms with Crippen LogP contribution in [0.25, 0.3) is 0 Å². The normalized spacial score (nSPS) is 21.7. The van der Waals surface area contributed by atoms with E-state index in [2.05, 4.69) is 59.0 Å². The second-order valence-corrected chi connectivity index (χ2v) is 7.98. The molecule has 0 saturated carbocycles. The Labute approximate surface area is 160 Å². The van der Waals surface area contributed by atoms with Gasteiger partial charge in [0.1, 0.15) is 5.82 Å². The maximum Gasteiger partial charge on any atom is 0.221 e. The average Bonchev–Trinajstić information content (AvgIpc) is 3.05. The minimum Gasteiger partial charge on any atom is -0.376 e. The van der Waals surface area contributed by atoms with E-state index in [0.717, 1.165) is 31.7 Å². The summed E-state index contributed by atoms with van der Waals surface area (Å²) in [7, 11) is 0. The van der Waals surface area contributed by atoms with Gasteiger partial charge in [-0.2, -0.15) is 0 Å². The fraction of sp³-hybridized carbons (Fsp3) is 0.600. The van der Waals surface area contributed by atoms with E-state index >= 15 is 0 Å². The van der Waals surface area contributed by atoms with Crippen LogP contribution >= 0.6 is 0 Å². The molecule has 0 radical (unpaired) electrons. The van der Waals surface area contributed by atoms with Crippen molar-refractivity contribution in [2.24, 2.45) is 0 Å². The number of benzene rings is 1. The minimum absolute atomic E-state index is 0.0273. The summed E-state index contributed by atoms with van der Waals surface area (Å²) in [5.41, 5.74) is 1.21. The highest BCUT2D eigenvalue weighted by atomic mass is 16.5. The molecule has 1 atom stereocenters. The number of nitrogens with one attached hydrogen (secondary N) is 1. The van der Waals surface area contributed by atoms with Crippen LogP contribution in [0.5, 0.6) is 0 Å². The lowest BCUT2D eigenvalue weighted by molar-refractivity contribution is -0.121. The molecule has 2 heterocycles. The molecule has 1 N–H and O–H groups in total. The van der Waals surface area contributed by atoms with Gasteiger partial charge in [0, 0.05) is 25.0 Å². The number of carbonyl (C=O) groups excluding carboxylic acids is 1. The van der Waals surface area contributed by atoms with Crippen molar-refractivity contribution in [3.63, 3.8) is 0 Å². The molecule has 7 nitrogen and oxygen atoms in total. The summed E-state index contributed by atoms with van der Waals surface area (Å²) in [4.78, 5) is 12.2. The predicted molar refractivity (Wildman–Crippen MR) is 102 cm³/mol. The van der Waals surface area contributed by atoms with Crippen molar-refractivity contribution >= 4 is 5.91 Å². The van der Waals surface area contributed by atoms with Crippen LogP contribution in [0.1, 0.15) is 50.9 Å². The molecule has 1 aliphatic heterocycles. The maximum atomic E-state index is 12.2. The third kappa shape index (κ3) is 4.91. The Morgan fingerprint density at radius 3 is 2.74 bits per heavy atom. The van der Waals surface area contributed by atoms with E-state index < -0.39 is 0 Å². The molecule has 0 bridgehead atoms. The zero-order chi connectivity index (χ0) is 19.3. The molecule has 2 aromatic rings. The summed E-state index contributed by atoms with van der Waals surface area (Å²) in [5.74, 6) is 0.745. The molecule has 7 heteroatoms. The van der Waals surface area contributed by atoms with E-state index in [0.29, 0.717) is 19.5 Å². The molecule has 146 valence electrons. The lowest BCUT2D eigenvalue weighted by Gasteiger charge is -2.45. The first-order valence-corrected chi connectivity index (χ1v) is 9.59. The molecule has 1 saturated heterocycles. The molecule has 1 aliphatic rings. The van der Waals surface area contributed by atoms with Gasteiger partial charge in [-0.1, -0.05) is 30.3 Å². The van der Waals surface area contributed by atoms with Crippen LogP contribution in [0.3, 0.4) is 0 Å². The van der Waals surface area contributed by atoms with E-state index in [-0.39, 0.29) is 16.9 Å². The SMILES string of the molecule is Cc1nnnn1CCC(=O)NCC[C@@]1(c2ccccc2)CCOC(C)(C)C1. The monoisotopic (exact) mass is 371 g/mol. The topological polar surface area (TPSA) is 81.9 Å². The summed E-state index contributed by atoms with van der Waals surface area (Å²) in [6, 6.07) is 10.6. The van der Waals surface area contributed by atoms with Crippen LogP contribution in [0.4, 0.5) is 0 Å². The van der Waals surface area contributed by atoms with E-state index in [1.165, 1.54) is 5.56 Å². The number of hydrogen-bond acceptors (Lipinski definition) is 5. The highest BCUT2D eigenvalue weighted by Crippen LogP contribution is 2.43. The first-order chi connectivity index (χ1) is 12.9. The number of aryl methyl sites for hydroxylation is 2. The van der Waals surface area contributed by atoms with Gasteiger partial charge >= 0.3 is 0 Å². The Balaban J connectivity index is 1.58. The Morgan fingerprint density at radius 2 is 2.07 bits per heavy atom. The molecule has 1 fully saturated rings. The zero-order valence-corrected chi connectivity index (χ0v) is 16.4. The third-order valence-electron chi connectivity index (χ3n) is 5.41. The van der Waals surface area contributed by atoms with Gasteiger partial charge in [0.25, 0.3) is 0 Å². The highest BCUT2D eigenvalue weighted by molar-refractivity contribution is 5.75. The van der Waals surface area contributed by atoms with Crippen molar-refractivity contribution in [1.29, 1.82) is 0 Å². The number of hydrogen-bond donors (Lipinski definition) is 1. The van der Waals surface area contributed by atoms with Crippen LogP contribution in [-0.4, -0.2) is 44.9 Å². The Morgan fingerprint density at radius 1 is 1.30 bits per heavy atom. The van der Waals surface area contributed by atoms with Crippen LogP contribution in [0.2, 0.25) is 0 Å². The number of nitrogens with zero attached hydrogens (tertiary/aromatic N) is 4. The zero-order valence-electron chi connectivity index (χ0n) is 16.4. The van der Waals surface area contributed by atoms with Gasteiger partial charge in [-0.3, -0.25) is 4.79 Å². The fourth-order valence-corrected chi connectivity index (χ4v) is 4.07. The van der Waals surface area contributed by atoms with E-state index in [4.69, 9.17) is 4.74 Å². The van der Waals surface area contributed by atoms with E-state index in [1.807, 2.05) is 13.0 Å². The number of carbonyl (C=O) groups is 1. The van der Waals surface area contributed by atoms with Crippen LogP contribution in [0.15, 0.2) is 30.3 Å². The second kappa shape index (κ2) is 8.17. The van der Waals surface area contributed by atoms with Gasteiger partial charge in [0.2, 0.25) is 5.91 Å². The number of aromatic nitrogens is 4. The molecule has 1 aromatic carbocycles. The number of tetrazole rings is 1. The van der Waals surface area contributed by atoms with E-state index in [1.54, 1.807) is 4.68 Å². The summed E-state index contributed by atoms with van der Waals surface area (Å²) < 4.78 is 7.60. The van der Waals surface area contributed by atoms with Crippen LogP contribution < -0.4 is 5.32 Å². The lowest BCUT2D eigenvalue weighted by atomic mass is 9.67. The smallest absolute Gasteiger partial charge is 0.221 e. The molecule has 0 unspecified atom stereocenters. The van der Waals surface area contributed by atoms with Gasteiger partial charge in [0.15, 0.2) is 0 Å².